The van der Waals surface area contributed by atoms with Gasteiger partial charge in [0.05, 0.1) is 23.4 Å². The number of likely N-dealkylation sites (N-methyl/N-ethyl adjacent to an activating group) is 1. The molecule has 0 unspecified atom stereocenters. The van der Waals surface area contributed by atoms with Crippen molar-refractivity contribution in [1.82, 2.24) is 25.1 Å². The maximum Gasteiger partial charge on any atom is 0.145 e. The van der Waals surface area contributed by atoms with Gasteiger partial charge in [0.2, 0.25) is 0 Å². The van der Waals surface area contributed by atoms with Gasteiger partial charge in [0.1, 0.15) is 18.2 Å². The van der Waals surface area contributed by atoms with Crippen LogP contribution in [-0.4, -0.2) is 52.3 Å². The Balaban J connectivity index is 0.00000256. The molecule has 30 heavy (non-hydrogen) atoms. The second-order valence-electron chi connectivity index (χ2n) is 7.10. The number of hydrogen-bond donors (Lipinski definition) is 2. The molecule has 0 aliphatic rings. The predicted octanol–water partition coefficient (Wildman–Crippen LogP) is 3.99. The fourth-order valence-electron chi connectivity index (χ4n) is 2.97. The molecule has 4 rings (SSSR count). The van der Waals surface area contributed by atoms with Crippen LogP contribution in [0, 0.1) is 0 Å². The van der Waals surface area contributed by atoms with E-state index in [1.54, 1.807) is 12.4 Å². The van der Waals surface area contributed by atoms with Crippen LogP contribution in [0.2, 0.25) is 0 Å². The number of nitrogens with one attached hydrogen (secondary N) is 2. The maximum atomic E-state index is 5.80. The van der Waals surface area contributed by atoms with Gasteiger partial charge in [0.25, 0.3) is 0 Å². The predicted molar refractivity (Wildman–Crippen MR) is 122 cm³/mol. The average Bonchev–Trinajstić information content (AvgIpc) is 3.27. The van der Waals surface area contributed by atoms with E-state index in [2.05, 4.69) is 36.4 Å². The number of benzene rings is 2. The number of ether oxygens (including phenoxy) is 1. The summed E-state index contributed by atoms with van der Waals surface area (Å²) in [6.07, 6.45) is 5.42. The normalized spacial score (nSPS) is 10.8. The number of aromatic amines is 1. The molecule has 0 aliphatic carbocycles. The summed E-state index contributed by atoms with van der Waals surface area (Å²) in [4.78, 5) is 11.3. The summed E-state index contributed by atoms with van der Waals surface area (Å²) in [5, 5.41) is 10.2. The first-order valence-corrected chi connectivity index (χ1v) is 9.54. The van der Waals surface area contributed by atoms with Gasteiger partial charge in [0.15, 0.2) is 0 Å². The van der Waals surface area contributed by atoms with Gasteiger partial charge in [-0.15, -0.1) is 12.4 Å². The van der Waals surface area contributed by atoms with Crippen molar-refractivity contribution in [3.05, 3.63) is 66.6 Å². The highest BCUT2D eigenvalue weighted by Gasteiger charge is 2.05. The van der Waals surface area contributed by atoms with Crippen LogP contribution in [0.25, 0.3) is 22.2 Å². The van der Waals surface area contributed by atoms with Crippen LogP contribution in [0.4, 0.5) is 5.82 Å². The molecule has 0 fully saturated rings. The SMILES string of the molecule is CN(C)CCOc1cccc(CNc2cnc3cc(-c4cn[nH]c4)ccc3n2)c1.Cl. The number of nitrogens with zero attached hydrogens (tertiary/aromatic N) is 4. The van der Waals surface area contributed by atoms with E-state index in [0.717, 1.165) is 45.8 Å². The molecular formula is C22H25ClN6O. The summed E-state index contributed by atoms with van der Waals surface area (Å²) in [5.41, 5.74) is 4.93. The number of halogens is 1. The highest BCUT2D eigenvalue weighted by molar-refractivity contribution is 5.85. The number of fused-ring (bicyclic) bond motifs is 1. The zero-order chi connectivity index (χ0) is 20.1. The molecule has 8 heteroatoms. The first kappa shape index (κ1) is 21.5. The molecule has 2 aromatic heterocycles. The van der Waals surface area contributed by atoms with Crippen molar-refractivity contribution in [2.24, 2.45) is 0 Å². The highest BCUT2D eigenvalue weighted by Crippen LogP contribution is 2.22. The van der Waals surface area contributed by atoms with Crippen molar-refractivity contribution in [3.63, 3.8) is 0 Å². The quantitative estimate of drug-likeness (QED) is 0.445. The third-order valence-electron chi connectivity index (χ3n) is 4.55. The van der Waals surface area contributed by atoms with Gasteiger partial charge in [-0.3, -0.25) is 10.1 Å². The maximum absolute atomic E-state index is 5.80. The van der Waals surface area contributed by atoms with E-state index in [4.69, 9.17) is 4.74 Å². The first-order valence-electron chi connectivity index (χ1n) is 9.54. The molecule has 0 saturated heterocycles. The van der Waals surface area contributed by atoms with Crippen LogP contribution in [0.3, 0.4) is 0 Å². The minimum atomic E-state index is 0. The van der Waals surface area contributed by atoms with E-state index in [0.29, 0.717) is 13.2 Å². The van der Waals surface area contributed by atoms with Gasteiger partial charge in [-0.05, 0) is 49.5 Å². The summed E-state index contributed by atoms with van der Waals surface area (Å²) in [7, 11) is 4.07. The minimum Gasteiger partial charge on any atom is -0.492 e. The third-order valence-corrected chi connectivity index (χ3v) is 4.55. The molecule has 7 nitrogen and oxygen atoms in total. The van der Waals surface area contributed by atoms with Crippen LogP contribution in [-0.2, 0) is 6.54 Å². The topological polar surface area (TPSA) is 79.0 Å². The van der Waals surface area contributed by atoms with Gasteiger partial charge in [0, 0.05) is 24.8 Å². The van der Waals surface area contributed by atoms with Crippen LogP contribution in [0.5, 0.6) is 5.75 Å². The molecule has 2 aromatic carbocycles. The fourth-order valence-corrected chi connectivity index (χ4v) is 2.97. The van der Waals surface area contributed by atoms with E-state index in [-0.39, 0.29) is 12.4 Å². The first-order chi connectivity index (χ1) is 14.2. The number of rotatable bonds is 8. The van der Waals surface area contributed by atoms with Crippen LogP contribution >= 0.6 is 12.4 Å². The Morgan fingerprint density at radius 2 is 1.93 bits per heavy atom. The monoisotopic (exact) mass is 424 g/mol. The lowest BCUT2D eigenvalue weighted by atomic mass is 10.1. The Morgan fingerprint density at radius 1 is 1.03 bits per heavy atom. The van der Waals surface area contributed by atoms with Crippen molar-refractivity contribution in [3.8, 4) is 16.9 Å². The molecule has 4 aromatic rings. The summed E-state index contributed by atoms with van der Waals surface area (Å²) in [5.74, 6) is 1.62. The largest absolute Gasteiger partial charge is 0.492 e. The van der Waals surface area contributed by atoms with Crippen molar-refractivity contribution >= 4 is 29.3 Å². The van der Waals surface area contributed by atoms with Gasteiger partial charge in [-0.25, -0.2) is 4.98 Å². The number of aromatic nitrogens is 4. The molecule has 0 saturated carbocycles. The summed E-state index contributed by atoms with van der Waals surface area (Å²) >= 11 is 0. The zero-order valence-electron chi connectivity index (χ0n) is 17.0. The van der Waals surface area contributed by atoms with Crippen LogP contribution in [0.15, 0.2) is 61.1 Å². The highest BCUT2D eigenvalue weighted by atomic mass is 35.5. The molecular weight excluding hydrogens is 400 g/mol. The van der Waals surface area contributed by atoms with Crippen molar-refractivity contribution in [2.45, 2.75) is 6.54 Å². The lowest BCUT2D eigenvalue weighted by molar-refractivity contribution is 0.261. The Hall–Kier alpha value is -3.16. The zero-order valence-corrected chi connectivity index (χ0v) is 17.8. The number of H-pyrrole nitrogens is 1. The Bertz CT molecular complexity index is 1080. The lowest BCUT2D eigenvalue weighted by Gasteiger charge is -2.12. The van der Waals surface area contributed by atoms with Crippen molar-refractivity contribution < 1.29 is 4.74 Å². The Morgan fingerprint density at radius 3 is 2.73 bits per heavy atom. The summed E-state index contributed by atoms with van der Waals surface area (Å²) in [6.45, 7) is 2.20. The molecule has 2 N–H and O–H groups in total. The number of hydrogen-bond acceptors (Lipinski definition) is 6. The molecule has 0 atom stereocenters. The molecule has 156 valence electrons. The minimum absolute atomic E-state index is 0. The molecule has 0 aliphatic heterocycles. The van der Waals surface area contributed by atoms with Gasteiger partial charge in [-0.1, -0.05) is 18.2 Å². The van der Waals surface area contributed by atoms with E-state index < -0.39 is 0 Å². The van der Waals surface area contributed by atoms with Gasteiger partial charge >= 0.3 is 0 Å². The van der Waals surface area contributed by atoms with Crippen LogP contribution < -0.4 is 10.1 Å². The standard InChI is InChI=1S/C22H24N6O.ClH/c1-28(2)8-9-29-19-5-3-4-16(10-19)12-24-22-15-23-21-11-17(6-7-20(21)27-22)18-13-25-26-14-18;/h3-7,10-11,13-15H,8-9,12H2,1-2H3,(H,24,27)(H,25,26);1H. The van der Waals surface area contributed by atoms with Gasteiger partial charge < -0.3 is 15.0 Å². The third kappa shape index (κ3) is 5.46. The van der Waals surface area contributed by atoms with Crippen LogP contribution in [0.1, 0.15) is 5.56 Å². The summed E-state index contributed by atoms with van der Waals surface area (Å²) in [6, 6.07) is 14.1. The molecule has 0 radical (unpaired) electrons. The second-order valence-corrected chi connectivity index (χ2v) is 7.10. The van der Waals surface area contributed by atoms with E-state index in [1.165, 1.54) is 0 Å². The second kappa shape index (κ2) is 10.0. The smallest absolute Gasteiger partial charge is 0.145 e. The van der Waals surface area contributed by atoms with Crippen molar-refractivity contribution in [2.75, 3.05) is 32.6 Å². The van der Waals surface area contributed by atoms with E-state index in [1.807, 2.05) is 56.7 Å². The molecule has 0 amide bonds. The van der Waals surface area contributed by atoms with Crippen molar-refractivity contribution in [1.29, 1.82) is 0 Å². The Labute approximate surface area is 181 Å². The molecule has 2 heterocycles. The fraction of sp³-hybridized carbons (Fsp3) is 0.227. The average molecular weight is 425 g/mol. The molecule has 0 bridgehead atoms. The van der Waals surface area contributed by atoms with Gasteiger partial charge in [-0.2, -0.15) is 5.10 Å². The lowest BCUT2D eigenvalue weighted by Crippen LogP contribution is -2.19. The van der Waals surface area contributed by atoms with E-state index in [9.17, 15) is 0 Å². The molecule has 0 spiro atoms. The Kier molecular flexibility index (Phi) is 7.21. The summed E-state index contributed by atoms with van der Waals surface area (Å²) < 4.78 is 5.80. The number of anilines is 1. The van der Waals surface area contributed by atoms with E-state index >= 15 is 0 Å².